The number of nitrogen functional groups attached to an aromatic ring is 1. The van der Waals surface area contributed by atoms with Crippen LogP contribution in [0.15, 0.2) is 54.7 Å². The van der Waals surface area contributed by atoms with Crippen LogP contribution >= 0.6 is 22.6 Å². The number of aromatic nitrogens is 1. The van der Waals surface area contributed by atoms with Crippen LogP contribution in [0.5, 0.6) is 11.5 Å². The molecule has 3 aromatic rings. The highest BCUT2D eigenvalue weighted by Gasteiger charge is 2.29. The molecule has 0 radical (unpaired) electrons. The minimum atomic E-state index is -4.36. The molecular weight excluding hydrogens is 522 g/mol. The summed E-state index contributed by atoms with van der Waals surface area (Å²) in [5, 5.41) is 3.27. The Labute approximate surface area is 191 Å². The predicted molar refractivity (Wildman–Crippen MR) is 122 cm³/mol. The summed E-state index contributed by atoms with van der Waals surface area (Å²) in [5.74, 6) is 1.60. The Morgan fingerprint density at radius 2 is 1.81 bits per heavy atom. The smallest absolute Gasteiger partial charge is 0.416 e. The second-order valence-corrected chi connectivity index (χ2v) is 8.10. The van der Waals surface area contributed by atoms with Gasteiger partial charge in [-0.15, -0.1) is 0 Å². The molecular formula is C22H21F3IN3O2. The first-order valence-electron chi connectivity index (χ1n) is 9.32. The summed E-state index contributed by atoms with van der Waals surface area (Å²) >= 11 is 2.15. The topological polar surface area (TPSA) is 69.4 Å². The van der Waals surface area contributed by atoms with Gasteiger partial charge in [0.2, 0.25) is 0 Å². The summed E-state index contributed by atoms with van der Waals surface area (Å²) in [5.41, 5.74) is 7.43. The first kappa shape index (κ1) is 23.0. The molecule has 0 aliphatic heterocycles. The van der Waals surface area contributed by atoms with Gasteiger partial charge >= 0.3 is 6.18 Å². The zero-order valence-corrected chi connectivity index (χ0v) is 19.0. The molecule has 3 rings (SSSR count). The van der Waals surface area contributed by atoms with Crippen molar-refractivity contribution in [2.45, 2.75) is 25.7 Å². The van der Waals surface area contributed by atoms with Gasteiger partial charge in [0, 0.05) is 9.77 Å². The molecule has 1 aromatic heterocycles. The van der Waals surface area contributed by atoms with Gasteiger partial charge < -0.3 is 20.5 Å². The Bertz CT molecular complexity index is 1040. The Balaban J connectivity index is 1.69. The second kappa shape index (κ2) is 9.63. The molecule has 1 atom stereocenters. The van der Waals surface area contributed by atoms with Crippen molar-refractivity contribution in [3.8, 4) is 11.5 Å². The summed E-state index contributed by atoms with van der Waals surface area (Å²) in [6.07, 6.45) is -2.63. The molecule has 3 N–H and O–H groups in total. The van der Waals surface area contributed by atoms with Crippen LogP contribution in [-0.2, 0) is 12.8 Å². The van der Waals surface area contributed by atoms with E-state index in [4.69, 9.17) is 15.2 Å². The van der Waals surface area contributed by atoms with Crippen molar-refractivity contribution in [3.63, 3.8) is 0 Å². The third kappa shape index (κ3) is 5.93. The van der Waals surface area contributed by atoms with Crippen molar-refractivity contribution in [2.24, 2.45) is 0 Å². The van der Waals surface area contributed by atoms with Gasteiger partial charge in [-0.2, -0.15) is 13.2 Å². The lowest BCUT2D eigenvalue weighted by Crippen LogP contribution is -2.10. The fraction of sp³-hybridized carbons (Fsp3) is 0.227. The number of methoxy groups -OCH3 is 1. The van der Waals surface area contributed by atoms with E-state index in [2.05, 4.69) is 32.9 Å². The molecule has 0 saturated carbocycles. The molecule has 0 saturated heterocycles. The van der Waals surface area contributed by atoms with Crippen LogP contribution in [0.25, 0.3) is 0 Å². The van der Waals surface area contributed by atoms with Crippen LogP contribution in [0.4, 0.5) is 24.7 Å². The highest BCUT2D eigenvalue weighted by molar-refractivity contribution is 14.1. The SMILES string of the molecule is COc1cc(C(C)Nc2ncc(I)cc2N)ccc1OCc1ccc(C(F)(F)F)cc1. The minimum absolute atomic E-state index is 0.104. The molecule has 31 heavy (non-hydrogen) atoms. The van der Waals surface area contributed by atoms with Crippen LogP contribution in [-0.4, -0.2) is 12.1 Å². The highest BCUT2D eigenvalue weighted by Crippen LogP contribution is 2.33. The van der Waals surface area contributed by atoms with E-state index in [0.29, 0.717) is 28.6 Å². The zero-order chi connectivity index (χ0) is 22.6. The summed E-state index contributed by atoms with van der Waals surface area (Å²) in [6, 6.07) is 12.1. The van der Waals surface area contributed by atoms with Crippen LogP contribution < -0.4 is 20.5 Å². The number of ether oxygens (including phenoxy) is 2. The Kier molecular flexibility index (Phi) is 7.14. The number of nitrogens with two attached hydrogens (primary N) is 1. The quantitative estimate of drug-likeness (QED) is 0.356. The van der Waals surface area contributed by atoms with Crippen molar-refractivity contribution in [3.05, 3.63) is 75.0 Å². The minimum Gasteiger partial charge on any atom is -0.493 e. The average molecular weight is 543 g/mol. The third-order valence-electron chi connectivity index (χ3n) is 4.60. The van der Waals surface area contributed by atoms with E-state index in [1.54, 1.807) is 12.3 Å². The zero-order valence-electron chi connectivity index (χ0n) is 16.8. The molecule has 0 aliphatic rings. The van der Waals surface area contributed by atoms with Gasteiger partial charge in [0.15, 0.2) is 11.5 Å². The van der Waals surface area contributed by atoms with E-state index in [-0.39, 0.29) is 12.6 Å². The normalized spacial score (nSPS) is 12.3. The largest absolute Gasteiger partial charge is 0.493 e. The van der Waals surface area contributed by atoms with E-state index >= 15 is 0 Å². The molecule has 164 valence electrons. The Morgan fingerprint density at radius 3 is 2.42 bits per heavy atom. The molecule has 2 aromatic carbocycles. The van der Waals surface area contributed by atoms with Crippen molar-refractivity contribution < 1.29 is 22.6 Å². The number of hydrogen-bond acceptors (Lipinski definition) is 5. The number of pyridine rings is 1. The summed E-state index contributed by atoms with van der Waals surface area (Å²) in [4.78, 5) is 4.32. The molecule has 5 nitrogen and oxygen atoms in total. The Hall–Kier alpha value is -2.69. The molecule has 0 bridgehead atoms. The van der Waals surface area contributed by atoms with Gasteiger partial charge in [0.1, 0.15) is 12.4 Å². The summed E-state index contributed by atoms with van der Waals surface area (Å²) in [6.45, 7) is 2.08. The molecule has 0 amide bonds. The lowest BCUT2D eigenvalue weighted by Gasteiger charge is -2.18. The van der Waals surface area contributed by atoms with E-state index in [1.807, 2.05) is 25.1 Å². The lowest BCUT2D eigenvalue weighted by molar-refractivity contribution is -0.137. The van der Waals surface area contributed by atoms with Crippen LogP contribution in [0, 0.1) is 3.57 Å². The maximum atomic E-state index is 12.7. The van der Waals surface area contributed by atoms with Crippen LogP contribution in [0.1, 0.15) is 29.7 Å². The summed E-state index contributed by atoms with van der Waals surface area (Å²) < 4.78 is 50.2. The van der Waals surface area contributed by atoms with Crippen LogP contribution in [0.2, 0.25) is 0 Å². The van der Waals surface area contributed by atoms with Crippen molar-refractivity contribution >= 4 is 34.1 Å². The van der Waals surface area contributed by atoms with Crippen molar-refractivity contribution in [1.82, 2.24) is 4.98 Å². The molecule has 0 aliphatic carbocycles. The van der Waals surface area contributed by atoms with E-state index in [0.717, 1.165) is 21.3 Å². The fourth-order valence-electron chi connectivity index (χ4n) is 2.89. The van der Waals surface area contributed by atoms with Crippen molar-refractivity contribution in [1.29, 1.82) is 0 Å². The number of nitrogens with one attached hydrogen (secondary N) is 1. The number of benzene rings is 2. The second-order valence-electron chi connectivity index (χ2n) is 6.85. The maximum absolute atomic E-state index is 12.7. The first-order chi connectivity index (χ1) is 14.7. The van der Waals surface area contributed by atoms with E-state index in [1.165, 1.54) is 19.2 Å². The van der Waals surface area contributed by atoms with E-state index in [9.17, 15) is 13.2 Å². The Morgan fingerprint density at radius 1 is 1.10 bits per heavy atom. The molecule has 1 unspecified atom stereocenters. The number of anilines is 2. The maximum Gasteiger partial charge on any atom is 0.416 e. The van der Waals surface area contributed by atoms with Gasteiger partial charge in [-0.05, 0) is 71.0 Å². The average Bonchev–Trinajstić information content (AvgIpc) is 2.73. The van der Waals surface area contributed by atoms with Crippen LogP contribution in [0.3, 0.4) is 0 Å². The van der Waals surface area contributed by atoms with Crippen molar-refractivity contribution in [2.75, 3.05) is 18.2 Å². The standard InChI is InChI=1S/C22H21F3IN3O2/c1-13(29-21-18(27)10-17(26)11-28-21)15-5-8-19(20(9-15)30-2)31-12-14-3-6-16(7-4-14)22(23,24)25/h3-11,13H,12,27H2,1-2H3,(H,28,29). The first-order valence-corrected chi connectivity index (χ1v) is 10.4. The van der Waals surface area contributed by atoms with Gasteiger partial charge in [-0.3, -0.25) is 0 Å². The monoisotopic (exact) mass is 543 g/mol. The van der Waals surface area contributed by atoms with Gasteiger partial charge in [-0.1, -0.05) is 18.2 Å². The summed E-state index contributed by atoms with van der Waals surface area (Å²) in [7, 11) is 1.53. The van der Waals surface area contributed by atoms with Gasteiger partial charge in [0.25, 0.3) is 0 Å². The number of rotatable bonds is 7. The van der Waals surface area contributed by atoms with Gasteiger partial charge in [-0.25, -0.2) is 4.98 Å². The molecule has 0 spiro atoms. The van der Waals surface area contributed by atoms with Gasteiger partial charge in [0.05, 0.1) is 24.4 Å². The fourth-order valence-corrected chi connectivity index (χ4v) is 3.36. The third-order valence-corrected chi connectivity index (χ3v) is 5.19. The molecule has 1 heterocycles. The van der Waals surface area contributed by atoms with E-state index < -0.39 is 11.7 Å². The number of alkyl halides is 3. The number of hydrogen-bond donors (Lipinski definition) is 2. The number of halogens is 4. The lowest BCUT2D eigenvalue weighted by atomic mass is 10.1. The number of nitrogens with zero attached hydrogens (tertiary/aromatic N) is 1. The predicted octanol–water partition coefficient (Wildman–Crippen LogP) is 6.05. The molecule has 9 heteroatoms. The highest BCUT2D eigenvalue weighted by atomic mass is 127. The molecule has 0 fully saturated rings.